The van der Waals surface area contributed by atoms with E-state index in [1.807, 2.05) is 0 Å². The van der Waals surface area contributed by atoms with Crippen LogP contribution in [0.4, 0.5) is 11.5 Å². The van der Waals surface area contributed by atoms with Gasteiger partial charge in [0.25, 0.3) is 5.69 Å². The maximum atomic E-state index is 11.5. The molecule has 0 aliphatic rings. The number of nitrogens with zero attached hydrogens (tertiary/aromatic N) is 3. The second kappa shape index (κ2) is 7.00. The standard InChI is InChI=1S/C13H10N6O4.BrH/c20-12-13(21)18-11-7(5-16-10-6-14-1-2-15-10)3-8(19(22)23)4-9(11)17-12;/h1-4,6H,5H2,(H,15,16)(H,17,20)(H,18,21);1H. The molecule has 10 nitrogen and oxygen atoms in total. The molecule has 11 heteroatoms. The molecule has 0 atom stereocenters. The third-order valence-electron chi connectivity index (χ3n) is 3.13. The number of rotatable bonds is 4. The molecule has 3 rings (SSSR count). The molecule has 0 aliphatic carbocycles. The highest BCUT2D eigenvalue weighted by Crippen LogP contribution is 2.22. The van der Waals surface area contributed by atoms with Crippen molar-refractivity contribution in [3.63, 3.8) is 0 Å². The van der Waals surface area contributed by atoms with E-state index < -0.39 is 16.0 Å². The van der Waals surface area contributed by atoms with E-state index in [2.05, 4.69) is 25.3 Å². The molecule has 3 N–H and O–H groups in total. The van der Waals surface area contributed by atoms with E-state index in [1.165, 1.54) is 30.7 Å². The molecule has 124 valence electrons. The summed E-state index contributed by atoms with van der Waals surface area (Å²) in [4.78, 5) is 46.0. The summed E-state index contributed by atoms with van der Waals surface area (Å²) in [5.41, 5.74) is -0.960. The molecular weight excluding hydrogens is 384 g/mol. The summed E-state index contributed by atoms with van der Waals surface area (Å²) >= 11 is 0. The van der Waals surface area contributed by atoms with E-state index in [0.717, 1.165) is 0 Å². The number of nitro benzene ring substituents is 1. The smallest absolute Gasteiger partial charge is 0.314 e. The maximum Gasteiger partial charge on any atom is 0.314 e. The molecule has 0 saturated carbocycles. The first-order valence-electron chi connectivity index (χ1n) is 6.48. The van der Waals surface area contributed by atoms with E-state index >= 15 is 0 Å². The highest BCUT2D eigenvalue weighted by molar-refractivity contribution is 8.93. The molecule has 0 radical (unpaired) electrons. The number of nitro groups is 1. The molecule has 3 aromatic rings. The first-order valence-corrected chi connectivity index (χ1v) is 6.48. The molecule has 2 aromatic heterocycles. The summed E-state index contributed by atoms with van der Waals surface area (Å²) in [6.45, 7) is 0.152. The van der Waals surface area contributed by atoms with Gasteiger partial charge in [-0.3, -0.25) is 24.7 Å². The summed E-state index contributed by atoms with van der Waals surface area (Å²) < 4.78 is 0. The fourth-order valence-corrected chi connectivity index (χ4v) is 2.10. The van der Waals surface area contributed by atoms with Crippen molar-refractivity contribution in [2.24, 2.45) is 0 Å². The Morgan fingerprint density at radius 2 is 1.92 bits per heavy atom. The van der Waals surface area contributed by atoms with E-state index in [9.17, 15) is 19.7 Å². The van der Waals surface area contributed by atoms with Gasteiger partial charge in [0.1, 0.15) is 5.82 Å². The van der Waals surface area contributed by atoms with Crippen LogP contribution in [0.3, 0.4) is 0 Å². The molecule has 0 saturated heterocycles. The number of nitrogens with one attached hydrogen (secondary N) is 3. The van der Waals surface area contributed by atoms with Crippen LogP contribution in [0.5, 0.6) is 0 Å². The number of hydrogen-bond donors (Lipinski definition) is 3. The lowest BCUT2D eigenvalue weighted by Gasteiger charge is -2.08. The topological polar surface area (TPSA) is 147 Å². The average molecular weight is 395 g/mol. The average Bonchev–Trinajstić information content (AvgIpc) is 2.54. The first-order chi connectivity index (χ1) is 11.0. The van der Waals surface area contributed by atoms with E-state index in [-0.39, 0.29) is 34.7 Å². The van der Waals surface area contributed by atoms with E-state index in [4.69, 9.17) is 0 Å². The molecular formula is C13H11BrN6O4. The van der Waals surface area contributed by atoms with Crippen LogP contribution in [0.25, 0.3) is 11.0 Å². The van der Waals surface area contributed by atoms with Gasteiger partial charge in [-0.1, -0.05) is 0 Å². The van der Waals surface area contributed by atoms with Crippen LogP contribution in [0.1, 0.15) is 5.56 Å². The van der Waals surface area contributed by atoms with Crippen molar-refractivity contribution in [1.29, 1.82) is 0 Å². The number of fused-ring (bicyclic) bond motifs is 1. The van der Waals surface area contributed by atoms with Gasteiger partial charge in [0.15, 0.2) is 0 Å². The van der Waals surface area contributed by atoms with Gasteiger partial charge >= 0.3 is 11.1 Å². The van der Waals surface area contributed by atoms with Crippen LogP contribution >= 0.6 is 17.0 Å². The van der Waals surface area contributed by atoms with Gasteiger partial charge in [-0.2, -0.15) is 0 Å². The highest BCUT2D eigenvalue weighted by Gasteiger charge is 2.14. The maximum absolute atomic E-state index is 11.5. The van der Waals surface area contributed by atoms with Gasteiger partial charge in [0.2, 0.25) is 0 Å². The molecule has 0 aliphatic heterocycles. The zero-order chi connectivity index (χ0) is 16.4. The van der Waals surface area contributed by atoms with Gasteiger partial charge in [0, 0.05) is 36.6 Å². The van der Waals surface area contributed by atoms with Crippen molar-refractivity contribution in [2.45, 2.75) is 6.54 Å². The Morgan fingerprint density at radius 3 is 2.58 bits per heavy atom. The lowest BCUT2D eigenvalue weighted by molar-refractivity contribution is -0.384. The van der Waals surface area contributed by atoms with E-state index in [0.29, 0.717) is 16.9 Å². The number of benzene rings is 1. The summed E-state index contributed by atoms with van der Waals surface area (Å²) in [6.07, 6.45) is 4.49. The van der Waals surface area contributed by atoms with Crippen LogP contribution in [0.15, 0.2) is 40.3 Å². The number of aromatic nitrogens is 4. The van der Waals surface area contributed by atoms with Crippen LogP contribution in [-0.2, 0) is 6.54 Å². The summed E-state index contributed by atoms with van der Waals surface area (Å²) in [5, 5.41) is 14.0. The minimum absolute atomic E-state index is 0. The van der Waals surface area contributed by atoms with Crippen LogP contribution in [-0.4, -0.2) is 24.9 Å². The number of halogens is 1. The SMILES string of the molecule is Br.O=c1[nH]c2cc([N+](=O)[O-])cc(CNc3cnccn3)c2[nH]c1=O. The lowest BCUT2D eigenvalue weighted by atomic mass is 10.1. The molecule has 2 heterocycles. The van der Waals surface area contributed by atoms with Gasteiger partial charge in [-0.05, 0) is 0 Å². The Balaban J connectivity index is 0.00000208. The largest absolute Gasteiger partial charge is 0.365 e. The summed E-state index contributed by atoms with van der Waals surface area (Å²) in [6, 6.07) is 2.51. The third-order valence-corrected chi connectivity index (χ3v) is 3.13. The van der Waals surface area contributed by atoms with Gasteiger partial charge in [-0.25, -0.2) is 4.98 Å². The second-order valence-corrected chi connectivity index (χ2v) is 4.64. The van der Waals surface area contributed by atoms with Crippen molar-refractivity contribution in [3.05, 3.63) is 67.1 Å². The fourth-order valence-electron chi connectivity index (χ4n) is 2.10. The number of aromatic amines is 2. The van der Waals surface area contributed by atoms with Gasteiger partial charge < -0.3 is 15.3 Å². The molecule has 0 bridgehead atoms. The predicted molar refractivity (Wildman–Crippen MR) is 91.5 cm³/mol. The van der Waals surface area contributed by atoms with Crippen molar-refractivity contribution in [1.82, 2.24) is 19.9 Å². The Hall–Kier alpha value is -3.08. The van der Waals surface area contributed by atoms with Crippen LogP contribution < -0.4 is 16.4 Å². The normalized spacial score (nSPS) is 10.2. The zero-order valence-corrected chi connectivity index (χ0v) is 13.7. The van der Waals surface area contributed by atoms with Crippen molar-refractivity contribution < 1.29 is 4.92 Å². The number of hydrogen-bond acceptors (Lipinski definition) is 7. The minimum Gasteiger partial charge on any atom is -0.365 e. The molecule has 0 amide bonds. The van der Waals surface area contributed by atoms with Gasteiger partial charge in [-0.15, -0.1) is 17.0 Å². The van der Waals surface area contributed by atoms with Crippen molar-refractivity contribution in [2.75, 3.05) is 5.32 Å². The molecule has 0 spiro atoms. The Labute approximate surface area is 143 Å². The lowest BCUT2D eigenvalue weighted by Crippen LogP contribution is -2.29. The molecule has 0 unspecified atom stereocenters. The Kier molecular flexibility index (Phi) is 5.04. The van der Waals surface area contributed by atoms with Crippen molar-refractivity contribution in [3.8, 4) is 0 Å². The second-order valence-electron chi connectivity index (χ2n) is 4.64. The summed E-state index contributed by atoms with van der Waals surface area (Å²) in [5.74, 6) is 0.471. The zero-order valence-electron chi connectivity index (χ0n) is 12.0. The summed E-state index contributed by atoms with van der Waals surface area (Å²) in [7, 11) is 0. The third kappa shape index (κ3) is 3.46. The van der Waals surface area contributed by atoms with Gasteiger partial charge in [0.05, 0.1) is 22.2 Å². The Bertz CT molecular complexity index is 1000. The fraction of sp³-hybridized carbons (Fsp3) is 0.0769. The first kappa shape index (κ1) is 17.3. The molecule has 1 aromatic carbocycles. The molecule has 24 heavy (non-hydrogen) atoms. The Morgan fingerprint density at radius 1 is 1.17 bits per heavy atom. The van der Waals surface area contributed by atoms with E-state index in [1.54, 1.807) is 0 Å². The monoisotopic (exact) mass is 394 g/mol. The number of anilines is 1. The highest BCUT2D eigenvalue weighted by atomic mass is 79.9. The van der Waals surface area contributed by atoms with Crippen LogP contribution in [0.2, 0.25) is 0 Å². The number of H-pyrrole nitrogens is 2. The van der Waals surface area contributed by atoms with Crippen LogP contribution in [0, 0.1) is 10.1 Å². The van der Waals surface area contributed by atoms with Crippen molar-refractivity contribution >= 4 is 39.5 Å². The quantitative estimate of drug-likeness (QED) is 0.341. The molecule has 0 fully saturated rings. The minimum atomic E-state index is -0.870. The number of non-ortho nitro benzene ring substituents is 1. The predicted octanol–water partition coefficient (Wildman–Crippen LogP) is 1.10.